The second kappa shape index (κ2) is 9.79. The second-order valence-electron chi connectivity index (χ2n) is 8.04. The molecule has 6 heteroatoms. The van der Waals surface area contributed by atoms with E-state index in [0.29, 0.717) is 18.7 Å². The number of rotatable bonds is 7. The molecule has 0 aliphatic rings. The van der Waals surface area contributed by atoms with E-state index in [4.69, 9.17) is 5.73 Å². The minimum atomic E-state index is -0.560. The number of hydrogen-bond acceptors (Lipinski definition) is 3. The summed E-state index contributed by atoms with van der Waals surface area (Å²) in [4.78, 5) is 26.9. The lowest BCUT2D eigenvalue weighted by Crippen LogP contribution is -2.44. The summed E-state index contributed by atoms with van der Waals surface area (Å²) < 4.78 is 17.4. The Morgan fingerprint density at radius 3 is 2.12 bits per heavy atom. The minimum absolute atomic E-state index is 0.00521. The molecule has 0 unspecified atom stereocenters. The van der Waals surface area contributed by atoms with Gasteiger partial charge in [-0.05, 0) is 30.5 Å². The van der Waals surface area contributed by atoms with Crippen molar-refractivity contribution in [2.75, 3.05) is 0 Å². The number of nitrogens with two attached hydrogens (primary N) is 1. The molecule has 0 bridgehead atoms. The molecule has 0 radical (unpaired) electrons. The van der Waals surface area contributed by atoms with Gasteiger partial charge in [-0.25, -0.2) is 9.18 Å². The zero-order chi connectivity index (χ0) is 23.4. The third kappa shape index (κ3) is 4.71. The van der Waals surface area contributed by atoms with Crippen LogP contribution in [0.1, 0.15) is 22.9 Å². The Labute approximate surface area is 191 Å². The van der Waals surface area contributed by atoms with Gasteiger partial charge in [0.25, 0.3) is 5.56 Å². The lowest BCUT2D eigenvalue weighted by molar-refractivity contribution is 0.496. The van der Waals surface area contributed by atoms with E-state index in [-0.39, 0.29) is 17.7 Å². The quantitative estimate of drug-likeness (QED) is 0.468. The van der Waals surface area contributed by atoms with E-state index < -0.39 is 23.1 Å². The standard InChI is InChI=1S/C27H26FN3O2/c1-19-25(22-14-8-9-15-23(22)28)26(32)31(18-24(29)21-12-6-3-7-13-21)27(33)30(19)17-16-20-10-4-2-5-11-20/h2-15,24H,16-18,29H2,1H3/t24-/m0/s1. The van der Waals surface area contributed by atoms with E-state index in [1.54, 1.807) is 29.7 Å². The molecule has 168 valence electrons. The van der Waals surface area contributed by atoms with Crippen molar-refractivity contribution in [3.05, 3.63) is 128 Å². The Bertz CT molecular complexity index is 1360. The van der Waals surface area contributed by atoms with Crippen LogP contribution in [-0.2, 0) is 19.5 Å². The molecule has 33 heavy (non-hydrogen) atoms. The number of hydrogen-bond donors (Lipinski definition) is 1. The Balaban J connectivity index is 1.84. The molecule has 3 aromatic carbocycles. The highest BCUT2D eigenvalue weighted by Crippen LogP contribution is 2.22. The Kier molecular flexibility index (Phi) is 6.66. The molecular weight excluding hydrogens is 417 g/mol. The molecule has 0 aliphatic carbocycles. The van der Waals surface area contributed by atoms with Crippen LogP contribution in [-0.4, -0.2) is 9.13 Å². The Hall–Kier alpha value is -3.77. The molecule has 0 aliphatic heterocycles. The van der Waals surface area contributed by atoms with Gasteiger partial charge in [-0.15, -0.1) is 0 Å². The average Bonchev–Trinajstić information content (AvgIpc) is 2.84. The van der Waals surface area contributed by atoms with E-state index in [1.165, 1.54) is 6.07 Å². The fourth-order valence-corrected chi connectivity index (χ4v) is 4.09. The molecule has 2 N–H and O–H groups in total. The first kappa shape index (κ1) is 22.4. The van der Waals surface area contributed by atoms with E-state index in [1.807, 2.05) is 60.7 Å². The van der Waals surface area contributed by atoms with E-state index in [0.717, 1.165) is 15.7 Å². The minimum Gasteiger partial charge on any atom is -0.322 e. The molecule has 0 spiro atoms. The van der Waals surface area contributed by atoms with Gasteiger partial charge in [0.2, 0.25) is 0 Å². The fraction of sp³-hybridized carbons (Fsp3) is 0.185. The van der Waals surface area contributed by atoms with Crippen LogP contribution in [0.25, 0.3) is 11.1 Å². The summed E-state index contributed by atoms with van der Waals surface area (Å²) in [6.45, 7) is 2.04. The lowest BCUT2D eigenvalue weighted by atomic mass is 10.0. The molecule has 1 aromatic heterocycles. The number of nitrogens with zero attached hydrogens (tertiary/aromatic N) is 2. The highest BCUT2D eigenvalue weighted by atomic mass is 19.1. The van der Waals surface area contributed by atoms with Crippen molar-refractivity contribution < 1.29 is 4.39 Å². The number of benzene rings is 3. The molecule has 4 aromatic rings. The molecule has 0 fully saturated rings. The van der Waals surface area contributed by atoms with Gasteiger partial charge >= 0.3 is 5.69 Å². The normalized spacial score (nSPS) is 12.0. The predicted octanol–water partition coefficient (Wildman–Crippen LogP) is 4.07. The first-order valence-corrected chi connectivity index (χ1v) is 10.9. The van der Waals surface area contributed by atoms with E-state index in [2.05, 4.69) is 0 Å². The van der Waals surface area contributed by atoms with Crippen molar-refractivity contribution in [1.29, 1.82) is 0 Å². The van der Waals surface area contributed by atoms with Gasteiger partial charge < -0.3 is 5.73 Å². The van der Waals surface area contributed by atoms with Crippen LogP contribution in [0, 0.1) is 12.7 Å². The third-order valence-electron chi connectivity index (χ3n) is 5.90. The molecule has 4 rings (SSSR count). The SMILES string of the molecule is Cc1c(-c2ccccc2F)c(=O)n(C[C@H](N)c2ccccc2)c(=O)n1CCc1ccccc1. The fourth-order valence-electron chi connectivity index (χ4n) is 4.09. The molecular formula is C27H26FN3O2. The van der Waals surface area contributed by atoms with Crippen LogP contribution >= 0.6 is 0 Å². The summed E-state index contributed by atoms with van der Waals surface area (Å²) in [7, 11) is 0. The summed E-state index contributed by atoms with van der Waals surface area (Å²) in [5, 5.41) is 0. The van der Waals surface area contributed by atoms with Crippen molar-refractivity contribution in [2.45, 2.75) is 32.5 Å². The smallest absolute Gasteiger partial charge is 0.322 e. The van der Waals surface area contributed by atoms with E-state index >= 15 is 0 Å². The lowest BCUT2D eigenvalue weighted by Gasteiger charge is -2.20. The summed E-state index contributed by atoms with van der Waals surface area (Å²) >= 11 is 0. The second-order valence-corrected chi connectivity index (χ2v) is 8.04. The highest BCUT2D eigenvalue weighted by molar-refractivity contribution is 5.65. The van der Waals surface area contributed by atoms with Crippen molar-refractivity contribution in [1.82, 2.24) is 9.13 Å². The van der Waals surface area contributed by atoms with Gasteiger partial charge in [0.1, 0.15) is 5.82 Å². The number of aryl methyl sites for hydroxylation is 1. The zero-order valence-corrected chi connectivity index (χ0v) is 18.4. The Morgan fingerprint density at radius 2 is 1.45 bits per heavy atom. The first-order valence-electron chi connectivity index (χ1n) is 10.9. The summed E-state index contributed by atoms with van der Waals surface area (Å²) in [5.41, 5.74) is 8.05. The molecule has 1 heterocycles. The van der Waals surface area contributed by atoms with Crippen LogP contribution in [0.4, 0.5) is 4.39 Å². The first-order chi connectivity index (χ1) is 16.0. The molecule has 0 saturated heterocycles. The predicted molar refractivity (Wildman–Crippen MR) is 129 cm³/mol. The van der Waals surface area contributed by atoms with Crippen LogP contribution in [0.2, 0.25) is 0 Å². The number of aromatic nitrogens is 2. The molecule has 1 atom stereocenters. The highest BCUT2D eigenvalue weighted by Gasteiger charge is 2.21. The maximum atomic E-state index is 14.7. The summed E-state index contributed by atoms with van der Waals surface area (Å²) in [6.07, 6.45) is 0.598. The monoisotopic (exact) mass is 443 g/mol. The largest absolute Gasteiger partial charge is 0.331 e. The van der Waals surface area contributed by atoms with Crippen LogP contribution in [0.5, 0.6) is 0 Å². The van der Waals surface area contributed by atoms with Crippen molar-refractivity contribution >= 4 is 0 Å². The molecule has 0 saturated carbocycles. The van der Waals surface area contributed by atoms with Gasteiger partial charge in [0.15, 0.2) is 0 Å². The van der Waals surface area contributed by atoms with Gasteiger partial charge in [-0.1, -0.05) is 78.9 Å². The number of halogens is 1. The van der Waals surface area contributed by atoms with Crippen molar-refractivity contribution in [3.63, 3.8) is 0 Å². The topological polar surface area (TPSA) is 70.0 Å². The maximum absolute atomic E-state index is 14.7. The Morgan fingerprint density at radius 1 is 0.848 bits per heavy atom. The molecule has 5 nitrogen and oxygen atoms in total. The average molecular weight is 444 g/mol. The van der Waals surface area contributed by atoms with Crippen LogP contribution < -0.4 is 17.0 Å². The van der Waals surface area contributed by atoms with Gasteiger partial charge in [-0.2, -0.15) is 0 Å². The van der Waals surface area contributed by atoms with Gasteiger partial charge in [-0.3, -0.25) is 13.9 Å². The zero-order valence-electron chi connectivity index (χ0n) is 18.4. The van der Waals surface area contributed by atoms with Crippen molar-refractivity contribution in [3.8, 4) is 11.1 Å². The summed E-state index contributed by atoms with van der Waals surface area (Å²) in [5.74, 6) is -0.509. The summed E-state index contributed by atoms with van der Waals surface area (Å²) in [6, 6.07) is 24.7. The third-order valence-corrected chi connectivity index (χ3v) is 5.90. The molecule has 0 amide bonds. The van der Waals surface area contributed by atoms with Gasteiger partial charge in [0.05, 0.1) is 12.1 Å². The van der Waals surface area contributed by atoms with E-state index in [9.17, 15) is 14.0 Å². The van der Waals surface area contributed by atoms with Crippen molar-refractivity contribution in [2.24, 2.45) is 5.73 Å². The van der Waals surface area contributed by atoms with Gasteiger partial charge in [0, 0.05) is 23.8 Å². The van der Waals surface area contributed by atoms with Crippen LogP contribution in [0.3, 0.4) is 0 Å². The maximum Gasteiger partial charge on any atom is 0.331 e. The van der Waals surface area contributed by atoms with Crippen LogP contribution in [0.15, 0.2) is 94.5 Å².